The number of amides is 1. The summed E-state index contributed by atoms with van der Waals surface area (Å²) in [4.78, 5) is 26.8. The van der Waals surface area contributed by atoms with Crippen molar-refractivity contribution in [2.24, 2.45) is 0 Å². The normalized spacial score (nSPS) is 14.6. The van der Waals surface area contributed by atoms with Crippen LogP contribution in [-0.4, -0.2) is 56.7 Å². The van der Waals surface area contributed by atoms with Gasteiger partial charge in [0.1, 0.15) is 17.5 Å². The first-order chi connectivity index (χ1) is 16.5. The SMILES string of the molecule is CCCCC(=O)N1CCCN(c2nc(CCCC)nc3c2c(C)nn3-c2ccc(F)cc2)CC1. The van der Waals surface area contributed by atoms with Gasteiger partial charge in [-0.2, -0.15) is 5.10 Å². The number of aryl methyl sites for hydroxylation is 2. The second kappa shape index (κ2) is 10.9. The van der Waals surface area contributed by atoms with Crippen LogP contribution < -0.4 is 4.90 Å². The van der Waals surface area contributed by atoms with Crippen molar-refractivity contribution in [1.82, 2.24) is 24.6 Å². The molecule has 0 radical (unpaired) electrons. The van der Waals surface area contributed by atoms with E-state index in [1.165, 1.54) is 12.1 Å². The molecule has 34 heavy (non-hydrogen) atoms. The molecule has 0 atom stereocenters. The molecule has 182 valence electrons. The Morgan fingerprint density at radius 2 is 1.76 bits per heavy atom. The Balaban J connectivity index is 1.71. The summed E-state index contributed by atoms with van der Waals surface area (Å²) >= 11 is 0. The maximum Gasteiger partial charge on any atom is 0.222 e. The van der Waals surface area contributed by atoms with Crippen LogP contribution >= 0.6 is 0 Å². The van der Waals surface area contributed by atoms with E-state index in [0.717, 1.165) is 92.2 Å². The van der Waals surface area contributed by atoms with E-state index >= 15 is 0 Å². The fourth-order valence-corrected chi connectivity index (χ4v) is 4.51. The van der Waals surface area contributed by atoms with Crippen LogP contribution in [0.3, 0.4) is 0 Å². The zero-order valence-corrected chi connectivity index (χ0v) is 20.6. The maximum atomic E-state index is 13.5. The lowest BCUT2D eigenvalue weighted by Crippen LogP contribution is -2.35. The van der Waals surface area contributed by atoms with Gasteiger partial charge in [-0.3, -0.25) is 4.79 Å². The van der Waals surface area contributed by atoms with Crippen molar-refractivity contribution in [1.29, 1.82) is 0 Å². The minimum absolute atomic E-state index is 0.250. The van der Waals surface area contributed by atoms with Gasteiger partial charge in [0.05, 0.1) is 16.8 Å². The molecule has 1 fully saturated rings. The number of aromatic nitrogens is 4. The summed E-state index contributed by atoms with van der Waals surface area (Å²) < 4.78 is 15.3. The molecule has 1 aromatic carbocycles. The second-order valence-electron chi connectivity index (χ2n) is 9.06. The van der Waals surface area contributed by atoms with E-state index in [9.17, 15) is 9.18 Å². The first kappa shape index (κ1) is 24.1. The average molecular weight is 467 g/mol. The van der Waals surface area contributed by atoms with Crippen LogP contribution in [0.1, 0.15) is 63.9 Å². The van der Waals surface area contributed by atoms with Crippen molar-refractivity contribution in [2.75, 3.05) is 31.1 Å². The van der Waals surface area contributed by atoms with E-state index in [1.807, 2.05) is 11.8 Å². The van der Waals surface area contributed by atoms with Crippen LogP contribution in [0.4, 0.5) is 10.2 Å². The minimum Gasteiger partial charge on any atom is -0.354 e. The highest BCUT2D eigenvalue weighted by Gasteiger charge is 2.24. The Hall–Kier alpha value is -3.03. The van der Waals surface area contributed by atoms with Crippen LogP contribution in [0, 0.1) is 12.7 Å². The fraction of sp³-hybridized carbons (Fsp3) is 0.538. The number of anilines is 1. The molecule has 3 heterocycles. The number of rotatable bonds is 8. The Bertz CT molecular complexity index is 1130. The van der Waals surface area contributed by atoms with Gasteiger partial charge in [-0.1, -0.05) is 26.7 Å². The molecule has 1 saturated heterocycles. The van der Waals surface area contributed by atoms with Gasteiger partial charge in [0.25, 0.3) is 0 Å². The second-order valence-corrected chi connectivity index (χ2v) is 9.06. The van der Waals surface area contributed by atoms with E-state index in [0.29, 0.717) is 13.0 Å². The molecule has 1 aliphatic heterocycles. The van der Waals surface area contributed by atoms with Crippen molar-refractivity contribution in [2.45, 2.75) is 65.7 Å². The van der Waals surface area contributed by atoms with Gasteiger partial charge in [-0.05, 0) is 50.5 Å². The van der Waals surface area contributed by atoms with Gasteiger partial charge in [0, 0.05) is 39.0 Å². The lowest BCUT2D eigenvalue weighted by Gasteiger charge is -2.24. The smallest absolute Gasteiger partial charge is 0.222 e. The van der Waals surface area contributed by atoms with Crippen molar-refractivity contribution in [3.8, 4) is 5.69 Å². The van der Waals surface area contributed by atoms with Crippen LogP contribution in [0.2, 0.25) is 0 Å². The number of fused-ring (bicyclic) bond motifs is 1. The number of benzene rings is 1. The monoisotopic (exact) mass is 466 g/mol. The molecule has 8 heteroatoms. The number of hydrogen-bond donors (Lipinski definition) is 0. The van der Waals surface area contributed by atoms with E-state index in [1.54, 1.807) is 16.8 Å². The molecular weight excluding hydrogens is 431 g/mol. The molecule has 7 nitrogen and oxygen atoms in total. The molecule has 1 amide bonds. The van der Waals surface area contributed by atoms with Gasteiger partial charge in [0.15, 0.2) is 5.65 Å². The van der Waals surface area contributed by atoms with E-state index < -0.39 is 0 Å². The van der Waals surface area contributed by atoms with Gasteiger partial charge in [-0.25, -0.2) is 19.0 Å². The zero-order valence-electron chi connectivity index (χ0n) is 20.6. The molecule has 0 aliphatic carbocycles. The molecule has 0 N–H and O–H groups in total. The molecule has 4 rings (SSSR count). The Kier molecular flexibility index (Phi) is 7.75. The summed E-state index contributed by atoms with van der Waals surface area (Å²) in [6.45, 7) is 9.29. The Morgan fingerprint density at radius 3 is 2.50 bits per heavy atom. The lowest BCUT2D eigenvalue weighted by atomic mass is 10.2. The van der Waals surface area contributed by atoms with Crippen LogP contribution in [0.5, 0.6) is 0 Å². The summed E-state index contributed by atoms with van der Waals surface area (Å²) in [6.07, 6.45) is 6.36. The number of carbonyl (C=O) groups excluding carboxylic acids is 1. The molecule has 0 bridgehead atoms. The first-order valence-corrected chi connectivity index (χ1v) is 12.6. The molecule has 0 saturated carbocycles. The number of carbonyl (C=O) groups is 1. The van der Waals surface area contributed by atoms with Crippen molar-refractivity contribution in [3.05, 3.63) is 41.6 Å². The molecule has 1 aliphatic rings. The number of hydrogen-bond acceptors (Lipinski definition) is 5. The highest BCUT2D eigenvalue weighted by Crippen LogP contribution is 2.30. The highest BCUT2D eigenvalue weighted by molar-refractivity contribution is 5.91. The van der Waals surface area contributed by atoms with E-state index in [2.05, 4.69) is 18.7 Å². The first-order valence-electron chi connectivity index (χ1n) is 12.6. The fourth-order valence-electron chi connectivity index (χ4n) is 4.51. The molecule has 0 spiro atoms. The number of nitrogens with zero attached hydrogens (tertiary/aromatic N) is 6. The van der Waals surface area contributed by atoms with E-state index in [-0.39, 0.29) is 11.7 Å². The van der Waals surface area contributed by atoms with Gasteiger partial charge in [-0.15, -0.1) is 0 Å². The Morgan fingerprint density at radius 1 is 1.00 bits per heavy atom. The molecule has 3 aromatic rings. The predicted octanol–water partition coefficient (Wildman–Crippen LogP) is 4.83. The average Bonchev–Trinajstić information content (AvgIpc) is 3.01. The quantitative estimate of drug-likeness (QED) is 0.475. The Labute approximate surface area is 201 Å². The molecule has 2 aromatic heterocycles. The highest BCUT2D eigenvalue weighted by atomic mass is 19.1. The summed E-state index contributed by atoms with van der Waals surface area (Å²) in [5.41, 5.74) is 2.37. The third kappa shape index (κ3) is 5.21. The standard InChI is InChI=1S/C26H35FN6O/c1-4-6-9-22-28-25(32-16-8-15-31(17-18-32)23(34)10-7-5-2)24-19(3)30-33(26(24)29-22)21-13-11-20(27)12-14-21/h11-14H,4-10,15-18H2,1-3H3. The van der Waals surface area contributed by atoms with E-state index in [4.69, 9.17) is 15.1 Å². The van der Waals surface area contributed by atoms with Gasteiger partial charge >= 0.3 is 0 Å². The molecular formula is C26H35FN6O. The van der Waals surface area contributed by atoms with Crippen molar-refractivity contribution < 1.29 is 9.18 Å². The minimum atomic E-state index is -0.279. The number of halogens is 1. The van der Waals surface area contributed by atoms with Crippen LogP contribution in [0.25, 0.3) is 16.7 Å². The number of unbranched alkanes of at least 4 members (excludes halogenated alkanes) is 2. The van der Waals surface area contributed by atoms with Crippen molar-refractivity contribution >= 4 is 22.8 Å². The lowest BCUT2D eigenvalue weighted by molar-refractivity contribution is -0.131. The predicted molar refractivity (Wildman–Crippen MR) is 133 cm³/mol. The van der Waals surface area contributed by atoms with Crippen LogP contribution in [-0.2, 0) is 11.2 Å². The summed E-state index contributed by atoms with van der Waals surface area (Å²) in [6, 6.07) is 6.33. The summed E-state index contributed by atoms with van der Waals surface area (Å²) in [5, 5.41) is 5.69. The van der Waals surface area contributed by atoms with Crippen LogP contribution in [0.15, 0.2) is 24.3 Å². The van der Waals surface area contributed by atoms with Crippen molar-refractivity contribution in [3.63, 3.8) is 0 Å². The topological polar surface area (TPSA) is 67.2 Å². The van der Waals surface area contributed by atoms with Gasteiger partial charge in [0.2, 0.25) is 5.91 Å². The summed E-state index contributed by atoms with van der Waals surface area (Å²) in [5.74, 6) is 1.66. The largest absolute Gasteiger partial charge is 0.354 e. The third-order valence-corrected chi connectivity index (χ3v) is 6.45. The summed E-state index contributed by atoms with van der Waals surface area (Å²) in [7, 11) is 0. The molecule has 0 unspecified atom stereocenters. The third-order valence-electron chi connectivity index (χ3n) is 6.45. The zero-order chi connectivity index (χ0) is 24.1. The van der Waals surface area contributed by atoms with Gasteiger partial charge < -0.3 is 9.80 Å². The maximum absolute atomic E-state index is 13.5.